The van der Waals surface area contributed by atoms with Gasteiger partial charge in [-0.1, -0.05) is 11.3 Å². The maximum Gasteiger partial charge on any atom is 0.262 e. The zero-order valence-electron chi connectivity index (χ0n) is 8.84. The van der Waals surface area contributed by atoms with Crippen LogP contribution in [0.3, 0.4) is 0 Å². The van der Waals surface area contributed by atoms with Crippen molar-refractivity contribution in [3.05, 3.63) is 36.3 Å². The van der Waals surface area contributed by atoms with Crippen molar-refractivity contribution in [3.8, 4) is 0 Å². The number of nitrogens with one attached hydrogen (secondary N) is 1. The molecule has 80 valence electrons. The minimum Gasteiger partial charge on any atom is -0.341 e. The van der Waals surface area contributed by atoms with Crippen molar-refractivity contribution in [3.63, 3.8) is 0 Å². The van der Waals surface area contributed by atoms with E-state index in [4.69, 9.17) is 4.74 Å². The normalized spacial score (nSPS) is 24.8. The lowest BCUT2D eigenvalue weighted by molar-refractivity contribution is -0.0994. The van der Waals surface area contributed by atoms with Crippen LogP contribution in [0.2, 0.25) is 0 Å². The molecule has 1 aromatic heterocycles. The fourth-order valence-corrected chi connectivity index (χ4v) is 1.63. The lowest BCUT2D eigenvalue weighted by atomic mass is 10.1. The van der Waals surface area contributed by atoms with Crippen LogP contribution in [0.15, 0.2) is 36.3 Å². The highest BCUT2D eigenvalue weighted by Gasteiger charge is 2.35. The molecule has 1 unspecified atom stereocenters. The van der Waals surface area contributed by atoms with Crippen LogP contribution in [0.1, 0.15) is 13.8 Å². The summed E-state index contributed by atoms with van der Waals surface area (Å²) in [6, 6.07) is 0. The number of ether oxygens (including phenoxy) is 1. The molecule has 0 spiro atoms. The maximum absolute atomic E-state index is 5.76. The van der Waals surface area contributed by atoms with Crippen molar-refractivity contribution in [2.45, 2.75) is 19.7 Å². The van der Waals surface area contributed by atoms with Gasteiger partial charge in [-0.3, -0.25) is 0 Å². The van der Waals surface area contributed by atoms with Gasteiger partial charge in [-0.2, -0.15) is 4.68 Å². The number of dihydropyridines is 1. The van der Waals surface area contributed by atoms with Crippen LogP contribution in [-0.4, -0.2) is 21.6 Å². The first-order valence-corrected chi connectivity index (χ1v) is 4.92. The summed E-state index contributed by atoms with van der Waals surface area (Å²) >= 11 is 0. The molecule has 5 nitrogen and oxygen atoms in total. The molecule has 0 bridgehead atoms. The molecule has 1 aliphatic rings. The van der Waals surface area contributed by atoms with Crippen LogP contribution in [0.4, 0.5) is 0 Å². The molecule has 0 saturated carbocycles. The molecule has 15 heavy (non-hydrogen) atoms. The molecule has 0 radical (unpaired) electrons. The third-order valence-corrected chi connectivity index (χ3v) is 2.35. The van der Waals surface area contributed by atoms with Gasteiger partial charge >= 0.3 is 0 Å². The lowest BCUT2D eigenvalue weighted by Crippen LogP contribution is -2.50. The Morgan fingerprint density at radius 1 is 1.60 bits per heavy atom. The number of hydrogen-bond acceptors (Lipinski definition) is 4. The second kappa shape index (κ2) is 3.86. The van der Waals surface area contributed by atoms with Crippen LogP contribution in [-0.2, 0) is 10.6 Å². The molecule has 1 atom stereocenters. The van der Waals surface area contributed by atoms with Gasteiger partial charge in [0.05, 0.1) is 12.4 Å². The third-order valence-electron chi connectivity index (χ3n) is 2.35. The molecule has 1 aliphatic heterocycles. The molecule has 0 aliphatic carbocycles. The first-order valence-electron chi connectivity index (χ1n) is 4.92. The SMILES string of the molecule is CCOC1(n2ccnn2)NC=CC=C1C. The first kappa shape index (κ1) is 9.92. The molecule has 1 N–H and O–H groups in total. The topological polar surface area (TPSA) is 52.0 Å². The van der Waals surface area contributed by atoms with E-state index in [-0.39, 0.29) is 0 Å². The molecular weight excluding hydrogens is 192 g/mol. The Kier molecular flexibility index (Phi) is 2.55. The highest BCUT2D eigenvalue weighted by atomic mass is 16.5. The minimum atomic E-state index is -0.722. The average molecular weight is 206 g/mol. The van der Waals surface area contributed by atoms with Crippen molar-refractivity contribution < 1.29 is 4.74 Å². The van der Waals surface area contributed by atoms with E-state index >= 15 is 0 Å². The summed E-state index contributed by atoms with van der Waals surface area (Å²) in [6.07, 6.45) is 9.18. The summed E-state index contributed by atoms with van der Waals surface area (Å²) in [6.45, 7) is 4.53. The standard InChI is InChI=1S/C10H14N4O/c1-3-15-10(14-8-7-12-13-14)9(2)5-4-6-11-10/h4-8,11H,3H2,1-2H3. The fraction of sp³-hybridized carbons (Fsp3) is 0.400. The highest BCUT2D eigenvalue weighted by Crippen LogP contribution is 2.25. The largest absolute Gasteiger partial charge is 0.341 e. The highest BCUT2D eigenvalue weighted by molar-refractivity contribution is 5.22. The third kappa shape index (κ3) is 1.55. The van der Waals surface area contributed by atoms with E-state index in [2.05, 4.69) is 15.6 Å². The Balaban J connectivity index is 2.41. The van der Waals surface area contributed by atoms with Gasteiger partial charge in [0.15, 0.2) is 0 Å². The van der Waals surface area contributed by atoms with Gasteiger partial charge in [0.25, 0.3) is 5.85 Å². The molecule has 0 aromatic carbocycles. The van der Waals surface area contributed by atoms with Gasteiger partial charge < -0.3 is 10.1 Å². The number of rotatable bonds is 3. The number of nitrogens with zero attached hydrogens (tertiary/aromatic N) is 3. The van der Waals surface area contributed by atoms with E-state index in [1.54, 1.807) is 17.1 Å². The van der Waals surface area contributed by atoms with E-state index in [0.717, 1.165) is 5.57 Å². The Labute approximate surface area is 88.4 Å². The van der Waals surface area contributed by atoms with Crippen molar-refractivity contribution in [2.75, 3.05) is 6.61 Å². The number of aromatic nitrogens is 3. The van der Waals surface area contributed by atoms with Crippen LogP contribution in [0.25, 0.3) is 0 Å². The number of allylic oxidation sites excluding steroid dienone is 2. The molecule has 5 heteroatoms. The molecular formula is C10H14N4O. The van der Waals surface area contributed by atoms with Gasteiger partial charge in [-0.05, 0) is 19.9 Å². The summed E-state index contributed by atoms with van der Waals surface area (Å²) in [7, 11) is 0. The fourth-order valence-electron chi connectivity index (χ4n) is 1.63. The van der Waals surface area contributed by atoms with Gasteiger partial charge in [-0.15, -0.1) is 5.10 Å². The molecule has 1 aromatic rings. The zero-order valence-corrected chi connectivity index (χ0v) is 8.84. The molecule has 0 fully saturated rings. The van der Waals surface area contributed by atoms with Crippen molar-refractivity contribution in [1.29, 1.82) is 0 Å². The van der Waals surface area contributed by atoms with Crippen molar-refractivity contribution in [1.82, 2.24) is 20.3 Å². The second-order valence-corrected chi connectivity index (χ2v) is 3.28. The van der Waals surface area contributed by atoms with E-state index in [1.807, 2.05) is 32.2 Å². The molecule has 2 heterocycles. The second-order valence-electron chi connectivity index (χ2n) is 3.28. The Hall–Kier alpha value is -1.62. The van der Waals surface area contributed by atoms with Crippen LogP contribution < -0.4 is 5.32 Å². The summed E-state index contributed by atoms with van der Waals surface area (Å²) in [5.74, 6) is -0.722. The molecule has 2 rings (SSSR count). The Morgan fingerprint density at radius 2 is 2.47 bits per heavy atom. The Bertz CT molecular complexity index is 382. The predicted molar refractivity (Wildman–Crippen MR) is 55.7 cm³/mol. The summed E-state index contributed by atoms with van der Waals surface area (Å²) in [5.41, 5.74) is 1.04. The van der Waals surface area contributed by atoms with E-state index in [9.17, 15) is 0 Å². The van der Waals surface area contributed by atoms with E-state index in [1.165, 1.54) is 0 Å². The van der Waals surface area contributed by atoms with Crippen molar-refractivity contribution >= 4 is 0 Å². The summed E-state index contributed by atoms with van der Waals surface area (Å²) in [4.78, 5) is 0. The molecule has 0 amide bonds. The van der Waals surface area contributed by atoms with Gasteiger partial charge in [0, 0.05) is 18.4 Å². The maximum atomic E-state index is 5.76. The van der Waals surface area contributed by atoms with Crippen LogP contribution in [0, 0.1) is 0 Å². The number of hydrogen-bond donors (Lipinski definition) is 1. The lowest BCUT2D eigenvalue weighted by Gasteiger charge is -2.35. The quantitative estimate of drug-likeness (QED) is 0.801. The monoisotopic (exact) mass is 206 g/mol. The summed E-state index contributed by atoms with van der Waals surface area (Å²) in [5, 5.41) is 11.0. The zero-order chi connectivity index (χ0) is 10.7. The van der Waals surface area contributed by atoms with Crippen LogP contribution >= 0.6 is 0 Å². The van der Waals surface area contributed by atoms with Crippen molar-refractivity contribution in [2.24, 2.45) is 0 Å². The minimum absolute atomic E-state index is 0.589. The average Bonchev–Trinajstić information content (AvgIpc) is 2.75. The van der Waals surface area contributed by atoms with E-state index in [0.29, 0.717) is 6.61 Å². The molecule has 0 saturated heterocycles. The van der Waals surface area contributed by atoms with E-state index < -0.39 is 5.85 Å². The Morgan fingerprint density at radius 3 is 3.07 bits per heavy atom. The van der Waals surface area contributed by atoms with Gasteiger partial charge in [-0.25, -0.2) is 0 Å². The van der Waals surface area contributed by atoms with Gasteiger partial charge in [0.2, 0.25) is 0 Å². The van der Waals surface area contributed by atoms with Crippen LogP contribution in [0.5, 0.6) is 0 Å². The summed E-state index contributed by atoms with van der Waals surface area (Å²) < 4.78 is 7.43. The predicted octanol–water partition coefficient (Wildman–Crippen LogP) is 0.988. The smallest absolute Gasteiger partial charge is 0.262 e. The van der Waals surface area contributed by atoms with Gasteiger partial charge in [0.1, 0.15) is 0 Å². The first-order chi connectivity index (χ1) is 7.29.